The van der Waals surface area contributed by atoms with Gasteiger partial charge in [0, 0.05) is 24.3 Å². The summed E-state index contributed by atoms with van der Waals surface area (Å²) in [5.41, 5.74) is 7.81. The van der Waals surface area contributed by atoms with E-state index in [-0.39, 0.29) is 17.4 Å². The Morgan fingerprint density at radius 3 is 2.47 bits per heavy atom. The maximum atomic E-state index is 13.3. The van der Waals surface area contributed by atoms with Crippen LogP contribution in [0.2, 0.25) is 0 Å². The Kier molecular flexibility index (Phi) is 4.15. The van der Waals surface area contributed by atoms with Crippen LogP contribution < -0.4 is 10.6 Å². The molecule has 0 aliphatic heterocycles. The van der Waals surface area contributed by atoms with Crippen LogP contribution in [-0.4, -0.2) is 12.6 Å². The van der Waals surface area contributed by atoms with E-state index in [1.165, 1.54) is 12.1 Å². The van der Waals surface area contributed by atoms with Gasteiger partial charge in [-0.25, -0.2) is 4.39 Å². The van der Waals surface area contributed by atoms with E-state index >= 15 is 0 Å². The Bertz CT molecular complexity index is 386. The Morgan fingerprint density at radius 1 is 1.41 bits per heavy atom. The zero-order chi connectivity index (χ0) is 13.2. The van der Waals surface area contributed by atoms with Crippen LogP contribution >= 0.6 is 0 Å². The molecule has 0 heterocycles. The van der Waals surface area contributed by atoms with Gasteiger partial charge in [-0.3, -0.25) is 0 Å². The Morgan fingerprint density at radius 2 is 2.00 bits per heavy atom. The predicted molar refractivity (Wildman–Crippen MR) is 71.8 cm³/mol. The van der Waals surface area contributed by atoms with Crippen LogP contribution in [0.4, 0.5) is 10.1 Å². The molecule has 2 nitrogen and oxygen atoms in total. The molecule has 1 rings (SSSR count). The number of benzene rings is 1. The van der Waals surface area contributed by atoms with Gasteiger partial charge in [-0.05, 0) is 51.0 Å². The summed E-state index contributed by atoms with van der Waals surface area (Å²) in [5, 5.41) is 0. The molecule has 0 saturated carbocycles. The fraction of sp³-hybridized carbons (Fsp3) is 0.571. The number of hydrogen-bond donors (Lipinski definition) is 1. The van der Waals surface area contributed by atoms with E-state index in [1.807, 2.05) is 20.0 Å². The average molecular weight is 238 g/mol. The van der Waals surface area contributed by atoms with Crippen LogP contribution in [0.1, 0.15) is 45.7 Å². The third-order valence-electron chi connectivity index (χ3n) is 3.61. The smallest absolute Gasteiger partial charge is 0.123 e. The summed E-state index contributed by atoms with van der Waals surface area (Å²) in [6, 6.07) is 4.66. The van der Waals surface area contributed by atoms with Crippen molar-refractivity contribution in [2.24, 2.45) is 5.73 Å². The summed E-state index contributed by atoms with van der Waals surface area (Å²) in [6.07, 6.45) is 1.01. The molecule has 0 amide bonds. The van der Waals surface area contributed by atoms with Crippen molar-refractivity contribution in [3.05, 3.63) is 29.6 Å². The molecular formula is C14H23FN2. The zero-order valence-electron chi connectivity index (χ0n) is 11.4. The monoisotopic (exact) mass is 238 g/mol. The highest BCUT2D eigenvalue weighted by Crippen LogP contribution is 2.31. The summed E-state index contributed by atoms with van der Waals surface area (Å²) < 4.78 is 13.3. The summed E-state index contributed by atoms with van der Waals surface area (Å²) in [4.78, 5) is 2.17. The van der Waals surface area contributed by atoms with Gasteiger partial charge < -0.3 is 10.6 Å². The van der Waals surface area contributed by atoms with Crippen molar-refractivity contribution in [3.8, 4) is 0 Å². The van der Waals surface area contributed by atoms with Crippen molar-refractivity contribution < 1.29 is 4.39 Å². The molecule has 2 N–H and O–H groups in total. The lowest BCUT2D eigenvalue weighted by Crippen LogP contribution is -2.41. The fourth-order valence-corrected chi connectivity index (χ4v) is 1.76. The first-order valence-corrected chi connectivity index (χ1v) is 6.08. The highest BCUT2D eigenvalue weighted by Gasteiger charge is 2.24. The normalized spacial score (nSPS) is 13.6. The van der Waals surface area contributed by atoms with Crippen molar-refractivity contribution in [1.29, 1.82) is 0 Å². The molecule has 96 valence electrons. The minimum atomic E-state index is -0.233. The lowest BCUT2D eigenvalue weighted by molar-refractivity contribution is 0.468. The van der Waals surface area contributed by atoms with Gasteiger partial charge in [0.1, 0.15) is 5.82 Å². The summed E-state index contributed by atoms with van der Waals surface area (Å²) in [7, 11) is 2.03. The standard InChI is InChI=1S/C14H23FN2/c1-6-14(3,4)17(5)13-8-7-11(15)9-12(13)10(2)16/h7-10H,6,16H2,1-5H3. The van der Waals surface area contributed by atoms with E-state index in [4.69, 9.17) is 5.73 Å². The number of rotatable bonds is 4. The molecule has 17 heavy (non-hydrogen) atoms. The number of hydrogen-bond acceptors (Lipinski definition) is 2. The van der Waals surface area contributed by atoms with Crippen LogP contribution in [0.5, 0.6) is 0 Å². The molecular weight excluding hydrogens is 215 g/mol. The first-order chi connectivity index (χ1) is 7.79. The summed E-state index contributed by atoms with van der Waals surface area (Å²) in [5.74, 6) is -0.233. The van der Waals surface area contributed by atoms with E-state index in [1.54, 1.807) is 0 Å². The fourth-order valence-electron chi connectivity index (χ4n) is 1.76. The van der Waals surface area contributed by atoms with Gasteiger partial charge in [0.05, 0.1) is 0 Å². The van der Waals surface area contributed by atoms with Gasteiger partial charge in [-0.15, -0.1) is 0 Å². The van der Waals surface area contributed by atoms with Crippen molar-refractivity contribution >= 4 is 5.69 Å². The van der Waals surface area contributed by atoms with Crippen LogP contribution in [0.15, 0.2) is 18.2 Å². The second-order valence-electron chi connectivity index (χ2n) is 5.22. The summed E-state index contributed by atoms with van der Waals surface area (Å²) >= 11 is 0. The third kappa shape index (κ3) is 2.97. The van der Waals surface area contributed by atoms with Crippen molar-refractivity contribution in [1.82, 2.24) is 0 Å². The van der Waals surface area contributed by atoms with Gasteiger partial charge >= 0.3 is 0 Å². The molecule has 1 aromatic rings. The first-order valence-electron chi connectivity index (χ1n) is 6.08. The average Bonchev–Trinajstić information content (AvgIpc) is 2.28. The highest BCUT2D eigenvalue weighted by atomic mass is 19.1. The summed E-state index contributed by atoms with van der Waals surface area (Å²) in [6.45, 7) is 8.36. The molecule has 0 radical (unpaired) electrons. The maximum absolute atomic E-state index is 13.3. The van der Waals surface area contributed by atoms with E-state index in [0.717, 1.165) is 17.7 Å². The Hall–Kier alpha value is -1.09. The van der Waals surface area contributed by atoms with Crippen LogP contribution in [0, 0.1) is 5.82 Å². The molecule has 1 atom stereocenters. The Balaban J connectivity index is 3.22. The maximum Gasteiger partial charge on any atom is 0.123 e. The minimum absolute atomic E-state index is 0.0292. The number of halogens is 1. The van der Waals surface area contributed by atoms with E-state index in [2.05, 4.69) is 25.7 Å². The SMILES string of the molecule is CCC(C)(C)N(C)c1ccc(F)cc1C(C)N. The van der Waals surface area contributed by atoms with Crippen molar-refractivity contribution in [2.45, 2.75) is 45.7 Å². The molecule has 0 aliphatic rings. The second-order valence-corrected chi connectivity index (χ2v) is 5.22. The van der Waals surface area contributed by atoms with Gasteiger partial charge in [0.15, 0.2) is 0 Å². The molecule has 0 spiro atoms. The highest BCUT2D eigenvalue weighted by molar-refractivity contribution is 5.56. The molecule has 0 aliphatic carbocycles. The minimum Gasteiger partial charge on any atom is -0.369 e. The van der Waals surface area contributed by atoms with Crippen LogP contribution in [0.25, 0.3) is 0 Å². The third-order valence-corrected chi connectivity index (χ3v) is 3.61. The number of nitrogens with zero attached hydrogens (tertiary/aromatic N) is 1. The van der Waals surface area contributed by atoms with E-state index in [9.17, 15) is 4.39 Å². The molecule has 0 saturated heterocycles. The molecule has 1 unspecified atom stereocenters. The largest absolute Gasteiger partial charge is 0.369 e. The quantitative estimate of drug-likeness (QED) is 0.870. The number of nitrogens with two attached hydrogens (primary N) is 1. The predicted octanol–water partition coefficient (Wildman–Crippen LogP) is 3.47. The van der Waals surface area contributed by atoms with E-state index in [0.29, 0.717) is 0 Å². The first kappa shape index (κ1) is 14.0. The van der Waals surface area contributed by atoms with Crippen molar-refractivity contribution in [2.75, 3.05) is 11.9 Å². The van der Waals surface area contributed by atoms with Crippen LogP contribution in [-0.2, 0) is 0 Å². The number of anilines is 1. The topological polar surface area (TPSA) is 29.3 Å². The lowest BCUT2D eigenvalue weighted by atomic mass is 9.96. The van der Waals surface area contributed by atoms with Gasteiger partial charge in [-0.2, -0.15) is 0 Å². The molecule has 1 aromatic carbocycles. The molecule has 0 bridgehead atoms. The molecule has 0 aromatic heterocycles. The lowest BCUT2D eigenvalue weighted by Gasteiger charge is -2.38. The van der Waals surface area contributed by atoms with Gasteiger partial charge in [0.2, 0.25) is 0 Å². The second kappa shape index (κ2) is 5.05. The van der Waals surface area contributed by atoms with Gasteiger partial charge in [0.25, 0.3) is 0 Å². The molecule has 3 heteroatoms. The zero-order valence-corrected chi connectivity index (χ0v) is 11.4. The van der Waals surface area contributed by atoms with E-state index < -0.39 is 0 Å². The van der Waals surface area contributed by atoms with Crippen LogP contribution in [0.3, 0.4) is 0 Å². The molecule has 0 fully saturated rings. The van der Waals surface area contributed by atoms with Crippen molar-refractivity contribution in [3.63, 3.8) is 0 Å². The van der Waals surface area contributed by atoms with Gasteiger partial charge in [-0.1, -0.05) is 6.92 Å². The Labute approximate surface area is 104 Å².